The molecule has 1 aliphatic rings. The minimum absolute atomic E-state index is 0.127. The van der Waals surface area contributed by atoms with Crippen LogP contribution < -0.4 is 5.32 Å². The van der Waals surface area contributed by atoms with Crippen LogP contribution in [0.15, 0.2) is 18.2 Å². The smallest absolute Gasteiger partial charge is 0.169 e. The first-order valence-corrected chi connectivity index (χ1v) is 6.99. The van der Waals surface area contributed by atoms with Crippen LogP contribution in [0, 0.1) is 6.92 Å². The van der Waals surface area contributed by atoms with Gasteiger partial charge in [0.05, 0.1) is 0 Å². The maximum Gasteiger partial charge on any atom is 0.169 e. The molecule has 0 amide bonds. The number of halogens is 1. The molecule has 2 rings (SSSR count). The van der Waals surface area contributed by atoms with Crippen molar-refractivity contribution >= 4 is 17.4 Å². The lowest BCUT2D eigenvalue weighted by atomic mass is 9.85. The van der Waals surface area contributed by atoms with Gasteiger partial charge in [0.2, 0.25) is 0 Å². The average molecular weight is 282 g/mol. The fraction of sp³-hybridized carbons (Fsp3) is 0.533. The van der Waals surface area contributed by atoms with Crippen LogP contribution in [0.3, 0.4) is 0 Å². The highest BCUT2D eigenvalue weighted by Gasteiger charge is 2.39. The normalized spacial score (nSPS) is 18.3. The predicted molar refractivity (Wildman–Crippen MR) is 76.7 cm³/mol. The molecule has 0 atom stereocenters. The van der Waals surface area contributed by atoms with E-state index in [4.69, 9.17) is 16.3 Å². The fourth-order valence-electron chi connectivity index (χ4n) is 2.56. The van der Waals surface area contributed by atoms with Crippen molar-refractivity contribution in [3.8, 4) is 0 Å². The second-order valence-corrected chi connectivity index (χ2v) is 5.55. The summed E-state index contributed by atoms with van der Waals surface area (Å²) in [6.45, 7) is 3.63. The molecule has 0 unspecified atom stereocenters. The highest BCUT2D eigenvalue weighted by atomic mass is 35.5. The Kier molecular flexibility index (Phi) is 4.61. The van der Waals surface area contributed by atoms with Gasteiger partial charge in [0.15, 0.2) is 5.78 Å². The van der Waals surface area contributed by atoms with E-state index >= 15 is 0 Å². The van der Waals surface area contributed by atoms with Crippen molar-refractivity contribution in [2.45, 2.75) is 31.8 Å². The molecule has 1 aromatic carbocycles. The van der Waals surface area contributed by atoms with E-state index in [0.29, 0.717) is 11.4 Å². The van der Waals surface area contributed by atoms with Crippen molar-refractivity contribution in [1.82, 2.24) is 5.32 Å². The van der Waals surface area contributed by atoms with Crippen LogP contribution >= 0.6 is 11.6 Å². The Morgan fingerprint density at radius 1 is 1.42 bits per heavy atom. The zero-order chi connectivity index (χ0) is 13.9. The third-order valence-electron chi connectivity index (χ3n) is 3.87. The molecule has 19 heavy (non-hydrogen) atoms. The molecule has 0 spiro atoms. The van der Waals surface area contributed by atoms with E-state index < -0.39 is 5.60 Å². The first-order valence-electron chi connectivity index (χ1n) is 6.61. The van der Waals surface area contributed by atoms with E-state index in [1.807, 2.05) is 25.1 Å². The van der Waals surface area contributed by atoms with Gasteiger partial charge in [-0.15, -0.1) is 0 Å². The minimum Gasteiger partial charge on any atom is -0.370 e. The van der Waals surface area contributed by atoms with Crippen LogP contribution in [0.2, 0.25) is 5.02 Å². The molecule has 0 radical (unpaired) electrons. The average Bonchev–Trinajstić information content (AvgIpc) is 2.42. The molecule has 1 N–H and O–H groups in total. The summed E-state index contributed by atoms with van der Waals surface area (Å²) in [6.07, 6.45) is 1.80. The van der Waals surface area contributed by atoms with Crippen molar-refractivity contribution in [3.05, 3.63) is 34.3 Å². The SMILES string of the molecule is COC1(C(=O)Cc2ccc(C)cc2Cl)CCNCC1. The van der Waals surface area contributed by atoms with Crippen LogP contribution in [0.1, 0.15) is 24.0 Å². The molecule has 0 aromatic heterocycles. The van der Waals surface area contributed by atoms with Crippen molar-refractivity contribution in [3.63, 3.8) is 0 Å². The number of ketones is 1. The van der Waals surface area contributed by atoms with E-state index in [0.717, 1.165) is 37.1 Å². The zero-order valence-electron chi connectivity index (χ0n) is 11.5. The van der Waals surface area contributed by atoms with Crippen molar-refractivity contribution in [2.75, 3.05) is 20.2 Å². The lowest BCUT2D eigenvalue weighted by Crippen LogP contribution is -2.49. The molecule has 1 heterocycles. The summed E-state index contributed by atoms with van der Waals surface area (Å²) in [6, 6.07) is 5.81. The summed E-state index contributed by atoms with van der Waals surface area (Å²) in [5.74, 6) is 0.127. The maximum atomic E-state index is 12.5. The zero-order valence-corrected chi connectivity index (χ0v) is 12.2. The van der Waals surface area contributed by atoms with Gasteiger partial charge < -0.3 is 10.1 Å². The second kappa shape index (κ2) is 6.04. The van der Waals surface area contributed by atoms with Gasteiger partial charge in [-0.1, -0.05) is 23.7 Å². The Hall–Kier alpha value is -0.900. The number of benzene rings is 1. The van der Waals surface area contributed by atoms with Crippen molar-refractivity contribution in [2.24, 2.45) is 0 Å². The Balaban J connectivity index is 2.15. The van der Waals surface area contributed by atoms with Crippen LogP contribution in [0.5, 0.6) is 0 Å². The van der Waals surface area contributed by atoms with Crippen LogP contribution in [-0.4, -0.2) is 31.6 Å². The number of piperidine rings is 1. The second-order valence-electron chi connectivity index (χ2n) is 5.14. The maximum absolute atomic E-state index is 12.5. The highest BCUT2D eigenvalue weighted by molar-refractivity contribution is 6.31. The highest BCUT2D eigenvalue weighted by Crippen LogP contribution is 2.27. The lowest BCUT2D eigenvalue weighted by Gasteiger charge is -2.35. The first-order chi connectivity index (χ1) is 9.07. The third-order valence-corrected chi connectivity index (χ3v) is 4.22. The number of carbonyl (C=O) groups excluding carboxylic acids is 1. The quantitative estimate of drug-likeness (QED) is 0.922. The molecule has 1 fully saturated rings. The Bertz CT molecular complexity index is 467. The van der Waals surface area contributed by atoms with Gasteiger partial charge in [-0.05, 0) is 50.0 Å². The molecule has 1 aromatic rings. The largest absolute Gasteiger partial charge is 0.370 e. The Labute approximate surface area is 119 Å². The molecular formula is C15H20ClNO2. The van der Waals surface area contributed by atoms with Gasteiger partial charge in [0.25, 0.3) is 0 Å². The molecule has 1 aliphatic heterocycles. The summed E-state index contributed by atoms with van der Waals surface area (Å²) in [7, 11) is 1.62. The fourth-order valence-corrected chi connectivity index (χ4v) is 2.86. The van der Waals surface area contributed by atoms with E-state index in [1.54, 1.807) is 7.11 Å². The number of methoxy groups -OCH3 is 1. The van der Waals surface area contributed by atoms with Crippen LogP contribution in [0.25, 0.3) is 0 Å². The molecule has 0 bridgehead atoms. The van der Waals surface area contributed by atoms with E-state index in [2.05, 4.69) is 5.32 Å². The predicted octanol–water partition coefficient (Wildman–Crippen LogP) is 2.53. The molecule has 0 saturated carbocycles. The van der Waals surface area contributed by atoms with Crippen molar-refractivity contribution < 1.29 is 9.53 Å². The summed E-state index contributed by atoms with van der Waals surface area (Å²) in [5.41, 5.74) is 1.34. The molecule has 104 valence electrons. The number of carbonyl (C=O) groups is 1. The number of Topliss-reactive ketones (excluding diaryl/α,β-unsaturated/α-hetero) is 1. The molecule has 3 nitrogen and oxygen atoms in total. The van der Waals surface area contributed by atoms with Crippen LogP contribution in [-0.2, 0) is 16.0 Å². The number of aryl methyl sites for hydroxylation is 1. The minimum atomic E-state index is -0.639. The monoisotopic (exact) mass is 281 g/mol. The summed E-state index contributed by atoms with van der Waals surface area (Å²) < 4.78 is 5.54. The van der Waals surface area contributed by atoms with Gasteiger partial charge in [0, 0.05) is 18.6 Å². The van der Waals surface area contributed by atoms with Gasteiger partial charge in [-0.25, -0.2) is 0 Å². The number of rotatable bonds is 4. The molecule has 4 heteroatoms. The first kappa shape index (κ1) is 14.5. The Morgan fingerprint density at radius 2 is 2.11 bits per heavy atom. The van der Waals surface area contributed by atoms with Crippen molar-refractivity contribution in [1.29, 1.82) is 0 Å². The van der Waals surface area contributed by atoms with Gasteiger partial charge >= 0.3 is 0 Å². The van der Waals surface area contributed by atoms with E-state index in [-0.39, 0.29) is 5.78 Å². The van der Waals surface area contributed by atoms with Crippen LogP contribution in [0.4, 0.5) is 0 Å². The van der Waals surface area contributed by atoms with Gasteiger partial charge in [-0.3, -0.25) is 4.79 Å². The summed E-state index contributed by atoms with van der Waals surface area (Å²) >= 11 is 6.20. The molecule has 0 aliphatic carbocycles. The lowest BCUT2D eigenvalue weighted by molar-refractivity contribution is -0.143. The van der Waals surface area contributed by atoms with Gasteiger partial charge in [-0.2, -0.15) is 0 Å². The Morgan fingerprint density at radius 3 is 2.68 bits per heavy atom. The number of nitrogens with one attached hydrogen (secondary N) is 1. The standard InChI is InChI=1S/C15H20ClNO2/c1-11-3-4-12(13(16)9-11)10-14(18)15(19-2)5-7-17-8-6-15/h3-4,9,17H,5-8,10H2,1-2H3. The number of ether oxygens (including phenoxy) is 1. The van der Waals surface area contributed by atoms with E-state index in [1.165, 1.54) is 0 Å². The summed E-state index contributed by atoms with van der Waals surface area (Å²) in [4.78, 5) is 12.5. The molecule has 1 saturated heterocycles. The number of hydrogen-bond donors (Lipinski definition) is 1. The van der Waals surface area contributed by atoms with E-state index in [9.17, 15) is 4.79 Å². The summed E-state index contributed by atoms with van der Waals surface area (Å²) in [5, 5.41) is 3.91. The number of hydrogen-bond acceptors (Lipinski definition) is 3. The molecular weight excluding hydrogens is 262 g/mol. The third kappa shape index (κ3) is 3.16. The topological polar surface area (TPSA) is 38.3 Å². The van der Waals surface area contributed by atoms with Gasteiger partial charge in [0.1, 0.15) is 5.60 Å².